The highest BCUT2D eigenvalue weighted by molar-refractivity contribution is 5.98. The molecule has 7 nitrogen and oxygen atoms in total. The van der Waals surface area contributed by atoms with Gasteiger partial charge in [0.25, 0.3) is 0 Å². The number of carbonyl (C=O) groups excluding carboxylic acids is 1. The quantitative estimate of drug-likeness (QED) is 0.513. The third-order valence-electron chi connectivity index (χ3n) is 4.41. The molecule has 0 N–H and O–H groups in total. The van der Waals surface area contributed by atoms with Crippen molar-refractivity contribution in [1.82, 2.24) is 24.4 Å². The Bertz CT molecular complexity index is 1160. The summed E-state index contributed by atoms with van der Waals surface area (Å²) >= 11 is 0. The summed E-state index contributed by atoms with van der Waals surface area (Å²) in [5, 5.41) is 17.4. The molecule has 4 aromatic rings. The van der Waals surface area contributed by atoms with Crippen LogP contribution in [0.5, 0.6) is 0 Å². The molecule has 7 heteroatoms. The Morgan fingerprint density at radius 3 is 2.70 bits per heavy atom. The van der Waals surface area contributed by atoms with E-state index >= 15 is 0 Å². The average Bonchev–Trinajstić information content (AvgIpc) is 3.34. The fraction of sp³-hybridized carbons (Fsp3) is 0.150. The lowest BCUT2D eigenvalue weighted by molar-refractivity contribution is 0.0983. The number of benzene rings is 1. The fourth-order valence-electron chi connectivity index (χ4n) is 3.01. The molecule has 0 aliphatic heterocycles. The molecule has 0 aliphatic carbocycles. The van der Waals surface area contributed by atoms with Crippen LogP contribution in [-0.2, 0) is 13.5 Å². The van der Waals surface area contributed by atoms with Crippen LogP contribution in [0, 0.1) is 11.3 Å². The number of Topliss-reactive ketones (excluding diaryl/α,β-unsaturated/α-hetero) is 1. The third-order valence-corrected chi connectivity index (χ3v) is 4.41. The van der Waals surface area contributed by atoms with Crippen LogP contribution in [0.1, 0.15) is 27.9 Å². The van der Waals surface area contributed by atoms with Crippen molar-refractivity contribution in [1.29, 1.82) is 5.26 Å². The first kappa shape index (κ1) is 16.7. The van der Waals surface area contributed by atoms with Crippen LogP contribution in [0.4, 0.5) is 0 Å². The lowest BCUT2D eigenvalue weighted by Gasteiger charge is -2.08. The lowest BCUT2D eigenvalue weighted by atomic mass is 10.0. The highest BCUT2D eigenvalue weighted by atomic mass is 16.1. The summed E-state index contributed by atoms with van der Waals surface area (Å²) in [6.45, 7) is 0. The van der Waals surface area contributed by atoms with Gasteiger partial charge in [-0.2, -0.15) is 15.5 Å². The van der Waals surface area contributed by atoms with Gasteiger partial charge in [-0.15, -0.1) is 0 Å². The lowest BCUT2D eigenvalue weighted by Crippen LogP contribution is -2.04. The van der Waals surface area contributed by atoms with Crippen LogP contribution in [0.2, 0.25) is 0 Å². The van der Waals surface area contributed by atoms with Crippen molar-refractivity contribution in [2.45, 2.75) is 12.8 Å². The SMILES string of the molecule is Cn1cc(CCC(=O)c2cc(-c3ccc(C#N)cc3)n3ncnc3c2)cn1. The Kier molecular flexibility index (Phi) is 4.22. The van der Waals surface area contributed by atoms with E-state index in [1.165, 1.54) is 6.33 Å². The molecule has 0 unspecified atom stereocenters. The van der Waals surface area contributed by atoms with Gasteiger partial charge in [0.15, 0.2) is 11.4 Å². The van der Waals surface area contributed by atoms with Gasteiger partial charge in [0.1, 0.15) is 6.33 Å². The Balaban J connectivity index is 1.67. The van der Waals surface area contributed by atoms with E-state index in [1.54, 1.807) is 33.6 Å². The van der Waals surface area contributed by atoms with E-state index in [0.29, 0.717) is 29.6 Å². The van der Waals surface area contributed by atoms with Gasteiger partial charge >= 0.3 is 0 Å². The van der Waals surface area contributed by atoms with E-state index in [4.69, 9.17) is 5.26 Å². The Hall–Kier alpha value is -3.79. The highest BCUT2D eigenvalue weighted by Gasteiger charge is 2.14. The Labute approximate surface area is 155 Å². The number of pyridine rings is 1. The normalized spacial score (nSPS) is 10.8. The second-order valence-corrected chi connectivity index (χ2v) is 6.29. The van der Waals surface area contributed by atoms with Crippen molar-refractivity contribution in [3.05, 3.63) is 71.8 Å². The average molecular weight is 356 g/mol. The molecule has 0 amide bonds. The van der Waals surface area contributed by atoms with Gasteiger partial charge in [0.2, 0.25) is 0 Å². The maximum atomic E-state index is 12.7. The first-order valence-corrected chi connectivity index (χ1v) is 8.49. The molecule has 0 saturated carbocycles. The van der Waals surface area contributed by atoms with Gasteiger partial charge in [0.05, 0.1) is 23.5 Å². The van der Waals surface area contributed by atoms with E-state index in [0.717, 1.165) is 16.8 Å². The molecule has 0 fully saturated rings. The standard InChI is InChI=1S/C20H16N6O/c1-25-12-15(11-23-25)4-7-19(27)17-8-18(26-20(9-17)22-13-24-26)16-5-2-14(10-21)3-6-16/h2-3,5-6,8-9,11-13H,4,7H2,1H3. The molecule has 0 spiro atoms. The van der Waals surface area contributed by atoms with E-state index in [1.807, 2.05) is 31.4 Å². The van der Waals surface area contributed by atoms with E-state index in [2.05, 4.69) is 21.3 Å². The van der Waals surface area contributed by atoms with Crippen LogP contribution in [0.3, 0.4) is 0 Å². The smallest absolute Gasteiger partial charge is 0.163 e. The molecule has 0 saturated heterocycles. The number of ketones is 1. The van der Waals surface area contributed by atoms with Gasteiger partial charge in [-0.05, 0) is 36.2 Å². The van der Waals surface area contributed by atoms with Crippen molar-refractivity contribution in [3.8, 4) is 17.3 Å². The number of hydrogen-bond acceptors (Lipinski definition) is 5. The van der Waals surface area contributed by atoms with E-state index < -0.39 is 0 Å². The summed E-state index contributed by atoms with van der Waals surface area (Å²) in [7, 11) is 1.86. The van der Waals surface area contributed by atoms with Crippen LogP contribution in [0.25, 0.3) is 16.9 Å². The number of aromatic nitrogens is 5. The summed E-state index contributed by atoms with van der Waals surface area (Å²) < 4.78 is 3.42. The summed E-state index contributed by atoms with van der Waals surface area (Å²) in [5.74, 6) is 0.0410. The number of carbonyl (C=O) groups is 1. The van der Waals surface area contributed by atoms with Crippen LogP contribution < -0.4 is 0 Å². The summed E-state index contributed by atoms with van der Waals surface area (Å²) in [5.41, 5.74) is 4.45. The molecule has 27 heavy (non-hydrogen) atoms. The van der Waals surface area contributed by atoms with Crippen LogP contribution >= 0.6 is 0 Å². The number of fused-ring (bicyclic) bond motifs is 1. The second-order valence-electron chi connectivity index (χ2n) is 6.29. The maximum Gasteiger partial charge on any atom is 0.163 e. The molecular formula is C20H16N6O. The predicted molar refractivity (Wildman–Crippen MR) is 99.0 cm³/mol. The monoisotopic (exact) mass is 356 g/mol. The zero-order valence-electron chi connectivity index (χ0n) is 14.7. The van der Waals surface area contributed by atoms with Crippen molar-refractivity contribution < 1.29 is 4.79 Å². The number of nitrogens with zero attached hydrogens (tertiary/aromatic N) is 6. The molecule has 3 aromatic heterocycles. The Morgan fingerprint density at radius 1 is 1.19 bits per heavy atom. The largest absolute Gasteiger partial charge is 0.294 e. The van der Waals surface area contributed by atoms with Gasteiger partial charge in [-0.25, -0.2) is 9.50 Å². The predicted octanol–water partition coefficient (Wildman–Crippen LogP) is 2.82. The van der Waals surface area contributed by atoms with Crippen molar-refractivity contribution in [2.75, 3.05) is 0 Å². The number of nitriles is 1. The second kappa shape index (κ2) is 6.84. The van der Waals surface area contributed by atoms with Gasteiger partial charge in [0, 0.05) is 30.8 Å². The highest BCUT2D eigenvalue weighted by Crippen LogP contribution is 2.23. The number of aryl methyl sites for hydroxylation is 2. The van der Waals surface area contributed by atoms with E-state index in [-0.39, 0.29) is 5.78 Å². The van der Waals surface area contributed by atoms with Gasteiger partial charge < -0.3 is 0 Å². The molecule has 4 rings (SSSR count). The van der Waals surface area contributed by atoms with Crippen LogP contribution in [0.15, 0.2) is 55.1 Å². The molecule has 3 heterocycles. The molecule has 132 valence electrons. The van der Waals surface area contributed by atoms with Crippen molar-refractivity contribution in [2.24, 2.45) is 7.05 Å². The van der Waals surface area contributed by atoms with Crippen LogP contribution in [-0.4, -0.2) is 30.2 Å². The number of rotatable bonds is 5. The molecule has 0 atom stereocenters. The molecular weight excluding hydrogens is 340 g/mol. The minimum Gasteiger partial charge on any atom is -0.294 e. The first-order valence-electron chi connectivity index (χ1n) is 8.49. The topological polar surface area (TPSA) is 88.9 Å². The van der Waals surface area contributed by atoms with E-state index in [9.17, 15) is 4.79 Å². The zero-order valence-corrected chi connectivity index (χ0v) is 14.7. The van der Waals surface area contributed by atoms with Gasteiger partial charge in [-0.3, -0.25) is 9.48 Å². The fourth-order valence-corrected chi connectivity index (χ4v) is 3.01. The molecule has 0 radical (unpaired) electrons. The Morgan fingerprint density at radius 2 is 2.00 bits per heavy atom. The molecule has 0 aliphatic rings. The summed E-state index contributed by atoms with van der Waals surface area (Å²) in [4.78, 5) is 17.0. The minimum absolute atomic E-state index is 0.0410. The third kappa shape index (κ3) is 3.33. The zero-order chi connectivity index (χ0) is 18.8. The summed E-state index contributed by atoms with van der Waals surface area (Å²) in [6.07, 6.45) is 6.18. The number of hydrogen-bond donors (Lipinski definition) is 0. The maximum absolute atomic E-state index is 12.7. The molecule has 1 aromatic carbocycles. The summed E-state index contributed by atoms with van der Waals surface area (Å²) in [6, 6.07) is 12.9. The van der Waals surface area contributed by atoms with Gasteiger partial charge in [-0.1, -0.05) is 12.1 Å². The minimum atomic E-state index is 0.0410. The van der Waals surface area contributed by atoms with Crippen molar-refractivity contribution >= 4 is 11.4 Å². The van der Waals surface area contributed by atoms with Crippen molar-refractivity contribution in [3.63, 3.8) is 0 Å². The molecule has 0 bridgehead atoms. The first-order chi connectivity index (χ1) is 13.1.